The topological polar surface area (TPSA) is 123 Å². The third-order valence-electron chi connectivity index (χ3n) is 4.64. The predicted molar refractivity (Wildman–Crippen MR) is 98.4 cm³/mol. The number of anilines is 1. The monoisotopic (exact) mass is 406 g/mol. The third kappa shape index (κ3) is 4.72. The molecule has 2 atom stereocenters. The number of nitrogens with zero attached hydrogens (tertiary/aromatic N) is 2. The molecule has 10 heteroatoms. The molecule has 0 unspecified atom stereocenters. The lowest BCUT2D eigenvalue weighted by Gasteiger charge is -2.34. The summed E-state index contributed by atoms with van der Waals surface area (Å²) in [6, 6.07) is 6.54. The van der Waals surface area contributed by atoms with Crippen molar-refractivity contribution in [2.24, 2.45) is 0 Å². The van der Waals surface area contributed by atoms with E-state index in [1.807, 2.05) is 0 Å². The summed E-state index contributed by atoms with van der Waals surface area (Å²) in [6.07, 6.45) is -3.22. The van der Waals surface area contributed by atoms with Crippen LogP contribution < -0.4 is 4.90 Å². The van der Waals surface area contributed by atoms with Crippen molar-refractivity contribution in [2.45, 2.75) is 19.1 Å². The molecule has 1 N–H and O–H groups in total. The molecule has 29 heavy (non-hydrogen) atoms. The maximum atomic E-state index is 12.9. The van der Waals surface area contributed by atoms with Gasteiger partial charge in [0.15, 0.2) is 6.10 Å². The van der Waals surface area contributed by atoms with Crippen molar-refractivity contribution in [2.75, 3.05) is 44.4 Å². The molecule has 3 rings (SSSR count). The molecule has 0 spiro atoms. The second-order valence-corrected chi connectivity index (χ2v) is 6.60. The first-order chi connectivity index (χ1) is 13.9. The van der Waals surface area contributed by atoms with Gasteiger partial charge in [0.25, 0.3) is 11.8 Å². The molecule has 0 aromatic heterocycles. The van der Waals surface area contributed by atoms with Gasteiger partial charge >= 0.3 is 11.9 Å². The summed E-state index contributed by atoms with van der Waals surface area (Å²) in [7, 11) is 0. The van der Waals surface area contributed by atoms with Crippen LogP contribution in [0, 0.1) is 0 Å². The average Bonchev–Trinajstić information content (AvgIpc) is 2.72. The van der Waals surface area contributed by atoms with Gasteiger partial charge in [-0.25, -0.2) is 4.79 Å². The van der Waals surface area contributed by atoms with Crippen LogP contribution >= 0.6 is 0 Å². The number of carbonyl (C=O) groups excluding carboxylic acids is 3. The minimum absolute atomic E-state index is 0.0586. The number of amides is 2. The molecule has 0 saturated carbocycles. The molecule has 1 aromatic rings. The van der Waals surface area contributed by atoms with Gasteiger partial charge in [0, 0.05) is 37.8 Å². The van der Waals surface area contributed by atoms with E-state index in [0.29, 0.717) is 37.6 Å². The Morgan fingerprint density at radius 1 is 1.17 bits per heavy atom. The average molecular weight is 406 g/mol. The SMILES string of the molecule is CC(=O)O[C@@H](C(=O)O)[C@H]1OCCN(c2cccc(C(=O)N3CCOCC3)c2)C1=O. The molecule has 156 valence electrons. The maximum absolute atomic E-state index is 12.9. The van der Waals surface area contributed by atoms with Crippen LogP contribution in [0.5, 0.6) is 0 Å². The molecule has 2 amide bonds. The van der Waals surface area contributed by atoms with E-state index in [4.69, 9.17) is 14.2 Å². The summed E-state index contributed by atoms with van der Waals surface area (Å²) < 4.78 is 15.3. The van der Waals surface area contributed by atoms with Crippen LogP contribution in [0.2, 0.25) is 0 Å². The number of carboxylic acids is 1. The van der Waals surface area contributed by atoms with Gasteiger partial charge in [-0.2, -0.15) is 0 Å². The van der Waals surface area contributed by atoms with Crippen LogP contribution in [0.1, 0.15) is 17.3 Å². The second-order valence-electron chi connectivity index (χ2n) is 6.60. The Hall–Kier alpha value is -2.98. The Morgan fingerprint density at radius 3 is 2.55 bits per heavy atom. The zero-order valence-electron chi connectivity index (χ0n) is 15.9. The van der Waals surface area contributed by atoms with Crippen LogP contribution in [0.4, 0.5) is 5.69 Å². The summed E-state index contributed by atoms with van der Waals surface area (Å²) in [4.78, 5) is 51.3. The van der Waals surface area contributed by atoms with E-state index in [9.17, 15) is 24.3 Å². The Balaban J connectivity index is 1.80. The van der Waals surface area contributed by atoms with Crippen LogP contribution in [0.25, 0.3) is 0 Å². The third-order valence-corrected chi connectivity index (χ3v) is 4.64. The Labute approximate surface area is 166 Å². The fourth-order valence-electron chi connectivity index (χ4n) is 3.26. The molecule has 2 heterocycles. The van der Waals surface area contributed by atoms with Gasteiger partial charge in [-0.05, 0) is 18.2 Å². The molecule has 2 aliphatic rings. The summed E-state index contributed by atoms with van der Waals surface area (Å²) >= 11 is 0. The van der Waals surface area contributed by atoms with Gasteiger partial charge in [0.05, 0.1) is 19.8 Å². The fraction of sp³-hybridized carbons (Fsp3) is 0.474. The molecule has 2 saturated heterocycles. The first-order valence-corrected chi connectivity index (χ1v) is 9.18. The quantitative estimate of drug-likeness (QED) is 0.673. The van der Waals surface area contributed by atoms with Gasteiger partial charge in [0.1, 0.15) is 0 Å². The highest BCUT2D eigenvalue weighted by Crippen LogP contribution is 2.23. The molecule has 0 radical (unpaired) electrons. The summed E-state index contributed by atoms with van der Waals surface area (Å²) in [6.45, 7) is 3.22. The number of aliphatic carboxylic acids is 1. The highest BCUT2D eigenvalue weighted by atomic mass is 16.6. The van der Waals surface area contributed by atoms with Crippen molar-refractivity contribution in [3.8, 4) is 0 Å². The molecule has 0 bridgehead atoms. The van der Waals surface area contributed by atoms with Gasteiger partial charge in [-0.1, -0.05) is 6.07 Å². The lowest BCUT2D eigenvalue weighted by Crippen LogP contribution is -2.55. The van der Waals surface area contributed by atoms with E-state index in [2.05, 4.69) is 0 Å². The van der Waals surface area contributed by atoms with Crippen molar-refractivity contribution in [3.63, 3.8) is 0 Å². The van der Waals surface area contributed by atoms with E-state index in [1.54, 1.807) is 29.2 Å². The maximum Gasteiger partial charge on any atom is 0.348 e. The van der Waals surface area contributed by atoms with E-state index in [0.717, 1.165) is 6.92 Å². The summed E-state index contributed by atoms with van der Waals surface area (Å²) in [5.41, 5.74) is 0.851. The standard InChI is InChI=1S/C19H22N2O8/c1-12(22)29-16(19(25)26)15-18(24)21(7-10-28-15)14-4-2-3-13(11-14)17(23)20-5-8-27-9-6-20/h2-4,11,15-16H,5-10H2,1H3,(H,25,26)/t15-,16-/m1/s1. The van der Waals surface area contributed by atoms with E-state index in [-0.39, 0.29) is 19.1 Å². The number of ether oxygens (including phenoxy) is 3. The molecule has 2 fully saturated rings. The first-order valence-electron chi connectivity index (χ1n) is 9.18. The van der Waals surface area contributed by atoms with Crippen LogP contribution in [-0.4, -0.2) is 85.4 Å². The number of hydrogen-bond acceptors (Lipinski definition) is 7. The number of carbonyl (C=O) groups is 4. The second kappa shape index (κ2) is 9.01. The van der Waals surface area contributed by atoms with Crippen LogP contribution in [0.3, 0.4) is 0 Å². The zero-order chi connectivity index (χ0) is 21.0. The molecular formula is C19H22N2O8. The number of rotatable bonds is 5. The fourth-order valence-corrected chi connectivity index (χ4v) is 3.26. The Bertz CT molecular complexity index is 805. The van der Waals surface area contributed by atoms with Gasteiger partial charge < -0.3 is 29.1 Å². The Morgan fingerprint density at radius 2 is 1.90 bits per heavy atom. The van der Waals surface area contributed by atoms with Crippen molar-refractivity contribution >= 4 is 29.4 Å². The van der Waals surface area contributed by atoms with Crippen molar-refractivity contribution < 1.29 is 38.5 Å². The lowest BCUT2D eigenvalue weighted by molar-refractivity contribution is -0.177. The van der Waals surface area contributed by atoms with E-state index in [1.165, 1.54) is 4.90 Å². The van der Waals surface area contributed by atoms with Gasteiger partial charge in [0.2, 0.25) is 6.10 Å². The van der Waals surface area contributed by atoms with Crippen molar-refractivity contribution in [1.29, 1.82) is 0 Å². The number of benzene rings is 1. The minimum atomic E-state index is -1.75. The normalized spacial score (nSPS) is 20.9. The molecule has 10 nitrogen and oxygen atoms in total. The summed E-state index contributed by atoms with van der Waals surface area (Å²) in [5, 5.41) is 9.32. The lowest BCUT2D eigenvalue weighted by atomic mass is 10.1. The zero-order valence-corrected chi connectivity index (χ0v) is 15.9. The molecular weight excluding hydrogens is 384 g/mol. The molecule has 0 aliphatic carbocycles. The van der Waals surface area contributed by atoms with Gasteiger partial charge in [-0.15, -0.1) is 0 Å². The Kier molecular flexibility index (Phi) is 6.45. The van der Waals surface area contributed by atoms with Crippen molar-refractivity contribution in [1.82, 2.24) is 4.90 Å². The summed E-state index contributed by atoms with van der Waals surface area (Å²) in [5.74, 6) is -3.13. The minimum Gasteiger partial charge on any atom is -0.478 e. The van der Waals surface area contributed by atoms with E-state index >= 15 is 0 Å². The number of carboxylic acid groups (broad SMARTS) is 1. The molecule has 2 aliphatic heterocycles. The van der Waals surface area contributed by atoms with E-state index < -0.39 is 30.1 Å². The smallest absolute Gasteiger partial charge is 0.348 e. The van der Waals surface area contributed by atoms with Crippen LogP contribution in [0.15, 0.2) is 24.3 Å². The highest BCUT2D eigenvalue weighted by Gasteiger charge is 2.42. The number of esters is 1. The van der Waals surface area contributed by atoms with Crippen LogP contribution in [-0.2, 0) is 28.6 Å². The number of hydrogen-bond donors (Lipinski definition) is 1. The number of morpholine rings is 2. The molecule has 1 aromatic carbocycles. The van der Waals surface area contributed by atoms with Gasteiger partial charge in [-0.3, -0.25) is 14.4 Å². The highest BCUT2D eigenvalue weighted by molar-refractivity contribution is 6.02. The first kappa shape index (κ1) is 20.7. The largest absolute Gasteiger partial charge is 0.478 e. The van der Waals surface area contributed by atoms with Crippen molar-refractivity contribution in [3.05, 3.63) is 29.8 Å². The predicted octanol–water partition coefficient (Wildman–Crippen LogP) is -0.0929.